The number of benzene rings is 1. The lowest BCUT2D eigenvalue weighted by molar-refractivity contribution is 0.309. The highest BCUT2D eigenvalue weighted by Crippen LogP contribution is 2.44. The third-order valence-corrected chi connectivity index (χ3v) is 5.15. The Morgan fingerprint density at radius 2 is 1.61 bits per heavy atom. The SMILES string of the molecule is NCC1CCCCC1c1ccccc1C1CCC1. The molecule has 3 rings (SSSR count). The number of hydrogen-bond donors (Lipinski definition) is 1. The molecule has 0 aliphatic heterocycles. The largest absolute Gasteiger partial charge is 0.330 e. The van der Waals surface area contributed by atoms with Crippen LogP contribution in [-0.4, -0.2) is 6.54 Å². The van der Waals surface area contributed by atoms with E-state index in [0.717, 1.165) is 24.3 Å². The predicted octanol–water partition coefficient (Wildman–Crippen LogP) is 4.19. The van der Waals surface area contributed by atoms with Crippen molar-refractivity contribution < 1.29 is 0 Å². The molecule has 0 amide bonds. The summed E-state index contributed by atoms with van der Waals surface area (Å²) in [6.07, 6.45) is 9.67. The third kappa shape index (κ3) is 2.21. The van der Waals surface area contributed by atoms with E-state index in [1.807, 2.05) is 0 Å². The summed E-state index contributed by atoms with van der Waals surface area (Å²) in [5.41, 5.74) is 9.29. The molecule has 2 fully saturated rings. The van der Waals surface area contributed by atoms with Gasteiger partial charge >= 0.3 is 0 Å². The second-order valence-corrected chi connectivity index (χ2v) is 6.14. The molecule has 18 heavy (non-hydrogen) atoms. The van der Waals surface area contributed by atoms with Gasteiger partial charge in [-0.2, -0.15) is 0 Å². The average Bonchev–Trinajstić information content (AvgIpc) is 2.37. The van der Waals surface area contributed by atoms with Crippen molar-refractivity contribution in [1.29, 1.82) is 0 Å². The van der Waals surface area contributed by atoms with Gasteiger partial charge in [-0.15, -0.1) is 0 Å². The van der Waals surface area contributed by atoms with Gasteiger partial charge in [0.1, 0.15) is 0 Å². The zero-order chi connectivity index (χ0) is 12.4. The van der Waals surface area contributed by atoms with Crippen LogP contribution in [0.5, 0.6) is 0 Å². The molecule has 0 heterocycles. The van der Waals surface area contributed by atoms with Crippen molar-refractivity contribution in [2.45, 2.75) is 56.8 Å². The van der Waals surface area contributed by atoms with Gasteiger partial charge in [0.25, 0.3) is 0 Å². The molecule has 1 aromatic carbocycles. The van der Waals surface area contributed by atoms with Crippen molar-refractivity contribution in [3.8, 4) is 0 Å². The lowest BCUT2D eigenvalue weighted by Gasteiger charge is -2.35. The van der Waals surface area contributed by atoms with Gasteiger partial charge in [0.05, 0.1) is 0 Å². The minimum absolute atomic E-state index is 0.722. The molecule has 2 aliphatic carbocycles. The van der Waals surface area contributed by atoms with E-state index in [4.69, 9.17) is 5.73 Å². The average molecular weight is 243 g/mol. The van der Waals surface area contributed by atoms with Crippen LogP contribution in [0.2, 0.25) is 0 Å². The molecular weight excluding hydrogens is 218 g/mol. The van der Waals surface area contributed by atoms with Crippen LogP contribution in [0.3, 0.4) is 0 Å². The molecule has 0 bridgehead atoms. The summed E-state index contributed by atoms with van der Waals surface area (Å²) in [5.74, 6) is 2.31. The van der Waals surface area contributed by atoms with Crippen LogP contribution in [0.15, 0.2) is 24.3 Å². The molecule has 1 heteroatoms. The molecule has 0 aromatic heterocycles. The first-order valence-corrected chi connectivity index (χ1v) is 7.69. The maximum atomic E-state index is 6.00. The highest BCUT2D eigenvalue weighted by molar-refractivity contribution is 5.35. The van der Waals surface area contributed by atoms with Crippen molar-refractivity contribution in [2.75, 3.05) is 6.54 Å². The molecule has 2 N–H and O–H groups in total. The van der Waals surface area contributed by atoms with E-state index in [9.17, 15) is 0 Å². The maximum Gasteiger partial charge on any atom is -0.00430 e. The Morgan fingerprint density at radius 1 is 0.889 bits per heavy atom. The van der Waals surface area contributed by atoms with Crippen molar-refractivity contribution >= 4 is 0 Å². The Bertz CT molecular complexity index is 394. The van der Waals surface area contributed by atoms with E-state index in [2.05, 4.69) is 24.3 Å². The fraction of sp³-hybridized carbons (Fsp3) is 0.647. The predicted molar refractivity (Wildman–Crippen MR) is 76.8 cm³/mol. The summed E-state index contributed by atoms with van der Waals surface area (Å²) >= 11 is 0. The Balaban J connectivity index is 1.89. The number of nitrogens with two attached hydrogens (primary N) is 1. The Hall–Kier alpha value is -0.820. The van der Waals surface area contributed by atoms with Gasteiger partial charge < -0.3 is 5.73 Å². The summed E-state index contributed by atoms with van der Waals surface area (Å²) in [6, 6.07) is 9.20. The van der Waals surface area contributed by atoms with Crippen molar-refractivity contribution in [2.24, 2.45) is 11.7 Å². The summed E-state index contributed by atoms with van der Waals surface area (Å²) in [5, 5.41) is 0. The second-order valence-electron chi connectivity index (χ2n) is 6.14. The molecule has 1 aromatic rings. The van der Waals surface area contributed by atoms with Gasteiger partial charge in [-0.1, -0.05) is 43.5 Å². The van der Waals surface area contributed by atoms with Crippen molar-refractivity contribution in [3.63, 3.8) is 0 Å². The van der Waals surface area contributed by atoms with Crippen LogP contribution in [0.25, 0.3) is 0 Å². The molecular formula is C17H25N. The summed E-state index contributed by atoms with van der Waals surface area (Å²) in [7, 11) is 0. The van der Waals surface area contributed by atoms with Gasteiger partial charge in [-0.25, -0.2) is 0 Å². The standard InChI is InChI=1S/C17H25N/c18-12-14-6-1-2-10-16(14)17-11-4-3-9-15(17)13-7-5-8-13/h3-4,9,11,13-14,16H,1-2,5-8,10,12,18H2. The van der Waals surface area contributed by atoms with E-state index in [1.54, 1.807) is 11.1 Å². The molecule has 2 atom stereocenters. The molecule has 2 unspecified atom stereocenters. The quantitative estimate of drug-likeness (QED) is 0.846. The van der Waals surface area contributed by atoms with Gasteiger partial charge in [0.2, 0.25) is 0 Å². The highest BCUT2D eigenvalue weighted by Gasteiger charge is 2.30. The first-order valence-electron chi connectivity index (χ1n) is 7.69. The summed E-state index contributed by atoms with van der Waals surface area (Å²) in [4.78, 5) is 0. The minimum Gasteiger partial charge on any atom is -0.330 e. The van der Waals surface area contributed by atoms with Gasteiger partial charge in [0.15, 0.2) is 0 Å². The van der Waals surface area contributed by atoms with Crippen LogP contribution in [0, 0.1) is 5.92 Å². The van der Waals surface area contributed by atoms with Gasteiger partial charge in [-0.05, 0) is 61.1 Å². The van der Waals surface area contributed by atoms with E-state index < -0.39 is 0 Å². The maximum absolute atomic E-state index is 6.00. The Kier molecular flexibility index (Phi) is 3.69. The van der Waals surface area contributed by atoms with E-state index >= 15 is 0 Å². The molecule has 0 radical (unpaired) electrons. The topological polar surface area (TPSA) is 26.0 Å². The lowest BCUT2D eigenvalue weighted by atomic mass is 9.70. The zero-order valence-electron chi connectivity index (χ0n) is 11.3. The molecule has 98 valence electrons. The molecule has 1 nitrogen and oxygen atoms in total. The van der Waals surface area contributed by atoms with Crippen LogP contribution < -0.4 is 5.73 Å². The van der Waals surface area contributed by atoms with E-state index in [0.29, 0.717) is 0 Å². The molecule has 0 saturated heterocycles. The first kappa shape index (κ1) is 12.2. The molecule has 0 spiro atoms. The normalized spacial score (nSPS) is 28.9. The number of rotatable bonds is 3. The molecule has 2 aliphatic rings. The van der Waals surface area contributed by atoms with Crippen LogP contribution in [0.1, 0.15) is 67.9 Å². The van der Waals surface area contributed by atoms with Gasteiger partial charge in [0, 0.05) is 0 Å². The first-order chi connectivity index (χ1) is 8.90. The minimum atomic E-state index is 0.722. The van der Waals surface area contributed by atoms with Crippen LogP contribution in [-0.2, 0) is 0 Å². The highest BCUT2D eigenvalue weighted by atomic mass is 14.6. The monoisotopic (exact) mass is 243 g/mol. The summed E-state index contributed by atoms with van der Waals surface area (Å²) in [6.45, 7) is 0.865. The Labute approximate surface area is 111 Å². The zero-order valence-corrected chi connectivity index (χ0v) is 11.3. The summed E-state index contributed by atoms with van der Waals surface area (Å²) < 4.78 is 0. The number of hydrogen-bond acceptors (Lipinski definition) is 1. The second kappa shape index (κ2) is 5.44. The molecule has 2 saturated carbocycles. The van der Waals surface area contributed by atoms with Crippen molar-refractivity contribution in [3.05, 3.63) is 35.4 Å². The fourth-order valence-electron chi connectivity index (χ4n) is 3.84. The third-order valence-electron chi connectivity index (χ3n) is 5.15. The smallest absolute Gasteiger partial charge is 0.00430 e. The fourth-order valence-corrected chi connectivity index (χ4v) is 3.84. The van der Waals surface area contributed by atoms with Crippen molar-refractivity contribution in [1.82, 2.24) is 0 Å². The lowest BCUT2D eigenvalue weighted by Crippen LogP contribution is -2.26. The van der Waals surface area contributed by atoms with Gasteiger partial charge in [-0.3, -0.25) is 0 Å². The Morgan fingerprint density at radius 3 is 2.28 bits per heavy atom. The van der Waals surface area contributed by atoms with Crippen LogP contribution in [0.4, 0.5) is 0 Å². The van der Waals surface area contributed by atoms with E-state index in [1.165, 1.54) is 44.9 Å². The van der Waals surface area contributed by atoms with Crippen LogP contribution >= 0.6 is 0 Å². The van der Waals surface area contributed by atoms with E-state index in [-0.39, 0.29) is 0 Å².